The van der Waals surface area contributed by atoms with E-state index in [1.807, 2.05) is 42.5 Å². The van der Waals surface area contributed by atoms with E-state index in [0.717, 1.165) is 126 Å². The highest BCUT2D eigenvalue weighted by Gasteiger charge is 2.34. The smallest absolute Gasteiger partial charge is 0.137 e. The molecule has 73 heavy (non-hydrogen) atoms. The van der Waals surface area contributed by atoms with Gasteiger partial charge in [-0.1, -0.05) is 146 Å². The van der Waals surface area contributed by atoms with Gasteiger partial charge >= 0.3 is 0 Å². The fourth-order valence-electron chi connectivity index (χ4n) is 12.3. The van der Waals surface area contributed by atoms with Crippen molar-refractivity contribution < 1.29 is 8.83 Å². The number of para-hydroxylation sites is 6. The lowest BCUT2D eigenvalue weighted by Gasteiger charge is -2.26. The van der Waals surface area contributed by atoms with E-state index in [9.17, 15) is 10.5 Å². The molecule has 0 radical (unpaired) electrons. The molecular weight excluding hydrogens is 895 g/mol. The molecule has 0 aliphatic heterocycles. The number of hydrogen-bond acceptors (Lipinski definition) is 4. The predicted octanol–water partition coefficient (Wildman–Crippen LogP) is 17.3. The van der Waals surface area contributed by atoms with Crippen molar-refractivity contribution in [1.29, 1.82) is 10.5 Å². The Bertz CT molecular complexity index is 4940. The quantitative estimate of drug-likeness (QED) is 0.176. The van der Waals surface area contributed by atoms with Crippen LogP contribution in [0.2, 0.25) is 0 Å². The van der Waals surface area contributed by atoms with Crippen molar-refractivity contribution in [3.63, 3.8) is 0 Å². The number of nitriles is 2. The lowest BCUT2D eigenvalue weighted by atomic mass is 9.91. The van der Waals surface area contributed by atoms with Gasteiger partial charge in [0.2, 0.25) is 0 Å². The molecule has 16 aromatic rings. The fourth-order valence-corrected chi connectivity index (χ4v) is 12.3. The molecule has 11 aromatic carbocycles. The van der Waals surface area contributed by atoms with Crippen LogP contribution in [-0.4, -0.2) is 13.7 Å². The summed E-state index contributed by atoms with van der Waals surface area (Å²) in [6, 6.07) is 78.9. The van der Waals surface area contributed by atoms with Crippen LogP contribution < -0.4 is 0 Å². The molecule has 7 heteroatoms. The number of nitrogens with zero attached hydrogens (tertiary/aromatic N) is 5. The Labute approximate surface area is 415 Å². The van der Waals surface area contributed by atoms with Gasteiger partial charge in [-0.2, -0.15) is 10.5 Å². The third kappa shape index (κ3) is 5.24. The molecule has 0 saturated carbocycles. The zero-order valence-corrected chi connectivity index (χ0v) is 38.8. The third-order valence-corrected chi connectivity index (χ3v) is 15.3. The van der Waals surface area contributed by atoms with E-state index in [1.165, 1.54) is 0 Å². The van der Waals surface area contributed by atoms with Gasteiger partial charge in [-0.15, -0.1) is 0 Å². The van der Waals surface area contributed by atoms with Gasteiger partial charge in [0.25, 0.3) is 0 Å². The molecule has 0 bridgehead atoms. The molecule has 0 fully saturated rings. The number of hydrogen-bond donors (Lipinski definition) is 0. The molecule has 0 N–H and O–H groups in total. The first kappa shape index (κ1) is 39.5. The summed E-state index contributed by atoms with van der Waals surface area (Å²) < 4.78 is 19.9. The first-order chi connectivity index (χ1) is 36.2. The number of fused-ring (bicyclic) bond motifs is 17. The number of furan rings is 2. The van der Waals surface area contributed by atoms with Gasteiger partial charge in [-0.25, -0.2) is 0 Å². The van der Waals surface area contributed by atoms with Crippen molar-refractivity contribution in [1.82, 2.24) is 13.7 Å². The molecule has 0 amide bonds. The molecule has 336 valence electrons. The summed E-state index contributed by atoms with van der Waals surface area (Å²) in [6.45, 7) is 0. The maximum absolute atomic E-state index is 12.4. The highest BCUT2D eigenvalue weighted by molar-refractivity contribution is 6.25. The molecule has 0 atom stereocenters. The Balaban J connectivity index is 1.20. The maximum Gasteiger partial charge on any atom is 0.137 e. The van der Waals surface area contributed by atoms with Gasteiger partial charge in [0, 0.05) is 65.5 Å². The zero-order chi connectivity index (χ0) is 48.1. The van der Waals surface area contributed by atoms with Gasteiger partial charge in [-0.05, 0) is 77.0 Å². The first-order valence-corrected chi connectivity index (χ1v) is 24.4. The Kier molecular flexibility index (Phi) is 7.90. The summed E-state index contributed by atoms with van der Waals surface area (Å²) in [4.78, 5) is 0. The summed E-state index contributed by atoms with van der Waals surface area (Å²) in [5.41, 5.74) is 12.4. The molecule has 0 spiro atoms. The highest BCUT2D eigenvalue weighted by atomic mass is 16.3. The summed E-state index contributed by atoms with van der Waals surface area (Å²) in [6.07, 6.45) is 0. The van der Waals surface area contributed by atoms with E-state index in [-0.39, 0.29) is 0 Å². The van der Waals surface area contributed by atoms with Gasteiger partial charge in [-0.3, -0.25) is 0 Å². The van der Waals surface area contributed by atoms with Gasteiger partial charge in [0.15, 0.2) is 0 Å². The molecule has 0 aliphatic rings. The molecule has 7 nitrogen and oxygen atoms in total. The van der Waals surface area contributed by atoms with Crippen LogP contribution in [0.25, 0.3) is 148 Å². The largest absolute Gasteiger partial charge is 0.456 e. The number of rotatable bonds is 4. The zero-order valence-electron chi connectivity index (χ0n) is 38.8. The molecule has 16 rings (SSSR count). The fraction of sp³-hybridized carbons (Fsp3) is 0. The van der Waals surface area contributed by atoms with Crippen LogP contribution in [0.15, 0.2) is 221 Å². The molecule has 0 unspecified atom stereocenters. The average Bonchev–Trinajstić information content (AvgIpc) is 4.29. The summed E-state index contributed by atoms with van der Waals surface area (Å²) in [7, 11) is 0. The number of benzene rings is 11. The monoisotopic (exact) mass is 929 g/mol. The van der Waals surface area contributed by atoms with Gasteiger partial charge in [0.05, 0.1) is 50.2 Å². The van der Waals surface area contributed by atoms with E-state index >= 15 is 0 Å². The molecule has 5 heterocycles. The van der Waals surface area contributed by atoms with Crippen LogP contribution in [0, 0.1) is 22.7 Å². The van der Waals surface area contributed by atoms with E-state index in [0.29, 0.717) is 33.8 Å². The van der Waals surface area contributed by atoms with Gasteiger partial charge < -0.3 is 22.5 Å². The highest BCUT2D eigenvalue weighted by Crippen LogP contribution is 2.50. The van der Waals surface area contributed by atoms with E-state index in [2.05, 4.69) is 196 Å². The Hall–Kier alpha value is -10.3. The standard InChI is InChI=1S/C66H35N5O2/c67-36-50-64(71-56-31-29-38-15-1-2-16-40(38)63(56)49-34-48-46-22-8-14-28-59(46)73-61(48)35-57(49)71)51(37-68)66(70-54-25-11-5-19-43(54)44-20-6-12-26-55(44)70)62(39-30-32-60-47(33-39)45-21-7-13-27-58(45)72-60)65(50)69-52-23-9-3-17-41(52)42-18-4-10-24-53(42)69/h1-35H. The predicted molar refractivity (Wildman–Crippen MR) is 296 cm³/mol. The second kappa shape index (κ2) is 14.6. The lowest BCUT2D eigenvalue weighted by Crippen LogP contribution is -2.14. The third-order valence-electron chi connectivity index (χ3n) is 15.3. The minimum atomic E-state index is 0.344. The minimum Gasteiger partial charge on any atom is -0.456 e. The Morgan fingerprint density at radius 3 is 1.29 bits per heavy atom. The molecule has 0 aliphatic carbocycles. The second-order valence-corrected chi connectivity index (χ2v) is 18.9. The van der Waals surface area contributed by atoms with Crippen molar-refractivity contribution in [3.05, 3.63) is 223 Å². The van der Waals surface area contributed by atoms with E-state index < -0.39 is 0 Å². The summed E-state index contributed by atoms with van der Waals surface area (Å²) in [5, 5.41) is 37.1. The van der Waals surface area contributed by atoms with Crippen LogP contribution in [-0.2, 0) is 0 Å². The topological polar surface area (TPSA) is 88.6 Å². The van der Waals surface area contributed by atoms with Crippen LogP contribution in [0.3, 0.4) is 0 Å². The van der Waals surface area contributed by atoms with Crippen LogP contribution in [0.5, 0.6) is 0 Å². The minimum absolute atomic E-state index is 0.344. The lowest BCUT2D eigenvalue weighted by molar-refractivity contribution is 0.668. The van der Waals surface area contributed by atoms with Crippen molar-refractivity contribution in [2.24, 2.45) is 0 Å². The van der Waals surface area contributed by atoms with Crippen LogP contribution in [0.1, 0.15) is 11.1 Å². The first-order valence-electron chi connectivity index (χ1n) is 24.4. The normalized spacial score (nSPS) is 12.1. The molecular formula is C66H35N5O2. The van der Waals surface area contributed by atoms with Gasteiger partial charge in [0.1, 0.15) is 45.6 Å². The maximum atomic E-state index is 12.4. The molecule has 0 saturated heterocycles. The summed E-state index contributed by atoms with van der Waals surface area (Å²) >= 11 is 0. The van der Waals surface area contributed by atoms with E-state index in [1.54, 1.807) is 0 Å². The Morgan fingerprint density at radius 1 is 0.301 bits per heavy atom. The van der Waals surface area contributed by atoms with Crippen molar-refractivity contribution >= 4 is 120 Å². The van der Waals surface area contributed by atoms with Crippen LogP contribution in [0.4, 0.5) is 0 Å². The van der Waals surface area contributed by atoms with E-state index in [4.69, 9.17) is 8.83 Å². The molecule has 5 aromatic heterocycles. The Morgan fingerprint density at radius 2 is 0.740 bits per heavy atom. The summed E-state index contributed by atoms with van der Waals surface area (Å²) in [5.74, 6) is 0. The second-order valence-electron chi connectivity index (χ2n) is 18.9. The average molecular weight is 930 g/mol. The van der Waals surface area contributed by atoms with Crippen LogP contribution >= 0.6 is 0 Å². The van der Waals surface area contributed by atoms with Crippen molar-refractivity contribution in [3.8, 4) is 40.3 Å². The van der Waals surface area contributed by atoms with Crippen molar-refractivity contribution in [2.45, 2.75) is 0 Å². The SMILES string of the molecule is N#Cc1c(-n2c3ccccc3c3ccccc32)c(-c2ccc3oc4ccccc4c3c2)c(-n2c3ccccc3c3ccccc32)c(C#N)c1-n1c2cc3oc4ccccc4c3cc2c2c3ccccc3ccc21. The van der Waals surface area contributed by atoms with Crippen molar-refractivity contribution in [2.75, 3.05) is 0 Å². The number of aromatic nitrogens is 3.